The first kappa shape index (κ1) is 19.3. The molecular formula is C25H20N2O3S. The minimum atomic E-state index is -0.355. The molecule has 0 aliphatic rings. The van der Waals surface area contributed by atoms with Gasteiger partial charge in [0.05, 0.1) is 24.9 Å². The zero-order valence-electron chi connectivity index (χ0n) is 17.2. The number of nitrogens with zero attached hydrogens (tertiary/aromatic N) is 2. The highest BCUT2D eigenvalue weighted by Gasteiger charge is 2.19. The molecule has 0 aliphatic carbocycles. The van der Waals surface area contributed by atoms with Gasteiger partial charge in [-0.3, -0.25) is 9.36 Å². The molecule has 0 atom stereocenters. The minimum Gasteiger partial charge on any atom is -0.497 e. The number of fused-ring (bicyclic) bond motifs is 3. The Morgan fingerprint density at radius 1 is 0.903 bits per heavy atom. The Hall–Kier alpha value is -3.64. The van der Waals surface area contributed by atoms with E-state index in [1.54, 1.807) is 35.9 Å². The van der Waals surface area contributed by atoms with Gasteiger partial charge in [0.25, 0.3) is 5.56 Å². The number of benzene rings is 3. The molecule has 0 saturated carbocycles. The Bertz CT molecular complexity index is 1520. The van der Waals surface area contributed by atoms with E-state index < -0.39 is 0 Å². The van der Waals surface area contributed by atoms with E-state index in [1.807, 2.05) is 55.5 Å². The molecule has 5 aromatic rings. The fourth-order valence-corrected chi connectivity index (χ4v) is 4.97. The molecule has 0 spiro atoms. The van der Waals surface area contributed by atoms with Crippen molar-refractivity contribution in [2.45, 2.75) is 13.5 Å². The molecule has 5 nitrogen and oxygen atoms in total. The van der Waals surface area contributed by atoms with Crippen LogP contribution in [0.1, 0.15) is 11.1 Å². The van der Waals surface area contributed by atoms with Gasteiger partial charge in [0.15, 0.2) is 0 Å². The van der Waals surface area contributed by atoms with Crippen LogP contribution in [0.2, 0.25) is 0 Å². The Labute approximate surface area is 182 Å². The molecule has 154 valence electrons. The average Bonchev–Trinajstić information content (AvgIpc) is 3.18. The van der Waals surface area contributed by atoms with E-state index in [4.69, 9.17) is 4.74 Å². The molecule has 31 heavy (non-hydrogen) atoms. The molecule has 0 saturated heterocycles. The Morgan fingerprint density at radius 3 is 2.32 bits per heavy atom. The molecule has 6 heteroatoms. The van der Waals surface area contributed by atoms with Crippen LogP contribution in [0.4, 0.5) is 0 Å². The van der Waals surface area contributed by atoms with Crippen molar-refractivity contribution in [3.05, 3.63) is 105 Å². The number of aryl methyl sites for hydroxylation is 1. The molecule has 0 amide bonds. The van der Waals surface area contributed by atoms with E-state index in [1.165, 1.54) is 15.9 Å². The summed E-state index contributed by atoms with van der Waals surface area (Å²) in [6.07, 6.45) is 0. The SMILES string of the molecule is COc1ccc(-n2c(=O)c3sc4ccccc4c3n(Cc3ccc(C)cc3)c2=O)cc1. The summed E-state index contributed by atoms with van der Waals surface area (Å²) in [5.41, 5.74) is 2.72. The first-order valence-electron chi connectivity index (χ1n) is 9.94. The number of aromatic nitrogens is 2. The van der Waals surface area contributed by atoms with Crippen molar-refractivity contribution >= 4 is 31.6 Å². The van der Waals surface area contributed by atoms with Gasteiger partial charge in [-0.1, -0.05) is 48.0 Å². The highest BCUT2D eigenvalue weighted by Crippen LogP contribution is 2.31. The third-order valence-corrected chi connectivity index (χ3v) is 6.60. The lowest BCUT2D eigenvalue weighted by Crippen LogP contribution is -2.38. The third-order valence-electron chi connectivity index (χ3n) is 5.45. The van der Waals surface area contributed by atoms with Gasteiger partial charge >= 0.3 is 5.69 Å². The smallest absolute Gasteiger partial charge is 0.336 e. The molecule has 0 N–H and O–H groups in total. The summed E-state index contributed by atoms with van der Waals surface area (Å²) >= 11 is 1.42. The fourth-order valence-electron chi connectivity index (χ4n) is 3.83. The largest absolute Gasteiger partial charge is 0.497 e. The molecule has 0 radical (unpaired) electrons. The van der Waals surface area contributed by atoms with E-state index in [-0.39, 0.29) is 11.2 Å². The summed E-state index contributed by atoms with van der Waals surface area (Å²) in [6.45, 7) is 2.41. The molecular weight excluding hydrogens is 408 g/mol. The number of thiophene rings is 1. The van der Waals surface area contributed by atoms with Crippen LogP contribution in [0.25, 0.3) is 26.0 Å². The Balaban J connectivity index is 1.84. The predicted molar refractivity (Wildman–Crippen MR) is 126 cm³/mol. The number of methoxy groups -OCH3 is 1. The maximum absolute atomic E-state index is 13.7. The average molecular weight is 429 g/mol. The summed E-state index contributed by atoms with van der Waals surface area (Å²) in [5, 5.41) is 0.922. The van der Waals surface area contributed by atoms with Crippen molar-refractivity contribution in [3.8, 4) is 11.4 Å². The Kier molecular flexibility index (Phi) is 4.71. The lowest BCUT2D eigenvalue weighted by atomic mass is 10.1. The van der Waals surface area contributed by atoms with E-state index in [9.17, 15) is 9.59 Å². The topological polar surface area (TPSA) is 53.2 Å². The van der Waals surface area contributed by atoms with Crippen LogP contribution in [-0.4, -0.2) is 16.2 Å². The number of rotatable bonds is 4. The normalized spacial score (nSPS) is 11.3. The summed E-state index contributed by atoms with van der Waals surface area (Å²) < 4.78 is 9.75. The van der Waals surface area contributed by atoms with Crippen molar-refractivity contribution in [2.24, 2.45) is 0 Å². The number of hydrogen-bond donors (Lipinski definition) is 0. The van der Waals surface area contributed by atoms with Gasteiger partial charge < -0.3 is 4.74 Å². The highest BCUT2D eigenvalue weighted by molar-refractivity contribution is 7.25. The minimum absolute atomic E-state index is 0.300. The van der Waals surface area contributed by atoms with E-state index in [0.29, 0.717) is 28.2 Å². The molecule has 0 fully saturated rings. The Morgan fingerprint density at radius 2 is 1.61 bits per heavy atom. The molecule has 0 bridgehead atoms. The van der Waals surface area contributed by atoms with E-state index in [0.717, 1.165) is 21.2 Å². The molecule has 2 aromatic heterocycles. The van der Waals surface area contributed by atoms with E-state index >= 15 is 0 Å². The number of hydrogen-bond acceptors (Lipinski definition) is 4. The van der Waals surface area contributed by atoms with Gasteiger partial charge in [0.2, 0.25) is 0 Å². The third kappa shape index (κ3) is 3.25. The van der Waals surface area contributed by atoms with Crippen molar-refractivity contribution in [1.29, 1.82) is 0 Å². The van der Waals surface area contributed by atoms with Gasteiger partial charge in [0.1, 0.15) is 10.4 Å². The summed E-state index contributed by atoms with van der Waals surface area (Å²) in [7, 11) is 1.58. The first-order valence-corrected chi connectivity index (χ1v) is 10.8. The van der Waals surface area contributed by atoms with Crippen LogP contribution in [0.3, 0.4) is 0 Å². The quantitative estimate of drug-likeness (QED) is 0.416. The van der Waals surface area contributed by atoms with Crippen molar-refractivity contribution in [2.75, 3.05) is 7.11 Å². The second-order valence-corrected chi connectivity index (χ2v) is 8.52. The van der Waals surface area contributed by atoms with Gasteiger partial charge in [-0.2, -0.15) is 0 Å². The van der Waals surface area contributed by atoms with Crippen LogP contribution in [-0.2, 0) is 6.54 Å². The molecule has 5 rings (SSSR count). The monoisotopic (exact) mass is 428 g/mol. The zero-order chi connectivity index (χ0) is 21.5. The van der Waals surface area contributed by atoms with Gasteiger partial charge in [-0.25, -0.2) is 9.36 Å². The summed E-state index contributed by atoms with van der Waals surface area (Å²) in [6, 6.07) is 22.9. The molecule has 2 heterocycles. The second-order valence-electron chi connectivity index (χ2n) is 7.47. The molecule has 3 aromatic carbocycles. The lowest BCUT2D eigenvalue weighted by Gasteiger charge is -2.13. The first-order chi connectivity index (χ1) is 15.1. The van der Waals surface area contributed by atoms with Crippen LogP contribution < -0.4 is 16.0 Å². The predicted octanol–water partition coefficient (Wildman–Crippen LogP) is 4.73. The highest BCUT2D eigenvalue weighted by atomic mass is 32.1. The van der Waals surface area contributed by atoms with Gasteiger partial charge in [0, 0.05) is 10.1 Å². The fraction of sp³-hybridized carbons (Fsp3) is 0.120. The molecule has 0 unspecified atom stereocenters. The zero-order valence-corrected chi connectivity index (χ0v) is 18.0. The van der Waals surface area contributed by atoms with Crippen molar-refractivity contribution in [3.63, 3.8) is 0 Å². The van der Waals surface area contributed by atoms with Gasteiger partial charge in [-0.15, -0.1) is 11.3 Å². The van der Waals surface area contributed by atoms with Crippen molar-refractivity contribution < 1.29 is 4.74 Å². The maximum atomic E-state index is 13.7. The van der Waals surface area contributed by atoms with Crippen molar-refractivity contribution in [1.82, 2.24) is 9.13 Å². The summed E-state index contributed by atoms with van der Waals surface area (Å²) in [5.74, 6) is 0.666. The number of ether oxygens (including phenoxy) is 1. The van der Waals surface area contributed by atoms with Crippen LogP contribution in [0, 0.1) is 6.92 Å². The van der Waals surface area contributed by atoms with Crippen LogP contribution in [0.5, 0.6) is 5.75 Å². The summed E-state index contributed by atoms with van der Waals surface area (Å²) in [4.78, 5) is 27.1. The standard InChI is InChI=1S/C25H20N2O3S/c1-16-7-9-17(10-8-16)15-26-22-20-5-3-4-6-21(20)31-23(22)24(28)27(25(26)29)18-11-13-19(30-2)14-12-18/h3-14H,15H2,1-2H3. The van der Waals surface area contributed by atoms with Crippen LogP contribution >= 0.6 is 11.3 Å². The van der Waals surface area contributed by atoms with Gasteiger partial charge in [-0.05, 0) is 42.8 Å². The lowest BCUT2D eigenvalue weighted by molar-refractivity contribution is 0.414. The van der Waals surface area contributed by atoms with Crippen LogP contribution in [0.15, 0.2) is 82.4 Å². The molecule has 0 aliphatic heterocycles. The second kappa shape index (κ2) is 7.56. The maximum Gasteiger partial charge on any atom is 0.336 e. The van der Waals surface area contributed by atoms with E-state index in [2.05, 4.69) is 0 Å².